The summed E-state index contributed by atoms with van der Waals surface area (Å²) in [5.74, 6) is -2.06. The van der Waals surface area contributed by atoms with Crippen LogP contribution in [0.5, 0.6) is 0 Å². The van der Waals surface area contributed by atoms with Gasteiger partial charge in [-0.05, 0) is 54.7 Å². The Morgan fingerprint density at radius 2 is 1.97 bits per heavy atom. The maximum atomic E-state index is 13.5. The molecule has 0 bridgehead atoms. The minimum atomic E-state index is -1.13. The summed E-state index contributed by atoms with van der Waals surface area (Å²) in [6.07, 6.45) is 1.84. The van der Waals surface area contributed by atoms with Gasteiger partial charge in [0.05, 0.1) is 0 Å². The average molecular weight is 430 g/mol. The number of carbonyl (C=O) groups is 4. The Morgan fingerprint density at radius 3 is 2.58 bits per heavy atom. The van der Waals surface area contributed by atoms with E-state index in [1.165, 1.54) is 28.6 Å². The molecular weight excluding hydrogens is 398 g/mol. The molecule has 1 saturated heterocycles. The predicted octanol–water partition coefficient (Wildman–Crippen LogP) is 0.995. The maximum absolute atomic E-state index is 13.5. The van der Waals surface area contributed by atoms with Gasteiger partial charge in [-0.1, -0.05) is 32.0 Å². The molecule has 0 radical (unpaired) electrons. The molecule has 0 spiro atoms. The van der Waals surface area contributed by atoms with E-state index in [1.807, 2.05) is 32.9 Å². The normalized spacial score (nSPS) is 23.0. The highest BCUT2D eigenvalue weighted by Gasteiger charge is 2.46. The summed E-state index contributed by atoms with van der Waals surface area (Å²) < 4.78 is 0. The third-order valence-corrected chi connectivity index (χ3v) is 6.25. The van der Waals surface area contributed by atoms with Gasteiger partial charge in [-0.2, -0.15) is 0 Å². The summed E-state index contributed by atoms with van der Waals surface area (Å²) in [7, 11) is 1.39. The van der Waals surface area contributed by atoms with Gasteiger partial charge in [0, 0.05) is 7.05 Å². The van der Waals surface area contributed by atoms with E-state index < -0.39 is 30.5 Å². The van der Waals surface area contributed by atoms with Crippen LogP contribution in [0.2, 0.25) is 0 Å². The number of amides is 3. The largest absolute Gasteiger partial charge is 0.480 e. The van der Waals surface area contributed by atoms with Crippen molar-refractivity contribution in [1.29, 1.82) is 0 Å². The summed E-state index contributed by atoms with van der Waals surface area (Å²) >= 11 is 0. The smallest absolute Gasteiger partial charge is 0.323 e. The number of aliphatic carboxylic acids is 1. The van der Waals surface area contributed by atoms with Crippen molar-refractivity contribution in [1.82, 2.24) is 15.1 Å². The van der Waals surface area contributed by atoms with E-state index in [0.717, 1.165) is 4.90 Å². The van der Waals surface area contributed by atoms with E-state index in [2.05, 4.69) is 11.4 Å². The Morgan fingerprint density at radius 1 is 1.26 bits per heavy atom. The van der Waals surface area contributed by atoms with Crippen LogP contribution in [0.15, 0.2) is 18.2 Å². The molecule has 3 atom stereocenters. The first-order chi connectivity index (χ1) is 14.6. The van der Waals surface area contributed by atoms with Gasteiger partial charge in [0.25, 0.3) is 0 Å². The van der Waals surface area contributed by atoms with Crippen molar-refractivity contribution in [2.45, 2.75) is 52.1 Å². The molecule has 3 rings (SSSR count). The number of rotatable bonds is 7. The second-order valence-corrected chi connectivity index (χ2v) is 9.12. The number of hydrogen-bond acceptors (Lipinski definition) is 4. The number of nitrogens with one attached hydrogen (secondary N) is 1. The van der Waals surface area contributed by atoms with Gasteiger partial charge in [0.15, 0.2) is 0 Å². The van der Waals surface area contributed by atoms with Gasteiger partial charge in [0.1, 0.15) is 25.2 Å². The fourth-order valence-corrected chi connectivity index (χ4v) is 4.63. The van der Waals surface area contributed by atoms with Gasteiger partial charge in [-0.15, -0.1) is 0 Å². The zero-order chi connectivity index (χ0) is 22.9. The van der Waals surface area contributed by atoms with E-state index in [4.69, 9.17) is 5.11 Å². The van der Waals surface area contributed by atoms with Crippen molar-refractivity contribution in [3.8, 4) is 0 Å². The molecule has 8 heteroatoms. The maximum Gasteiger partial charge on any atom is 0.323 e. The number of carboxylic acid groups (broad SMARTS) is 1. The number of hydrogen-bond donors (Lipinski definition) is 2. The molecule has 1 aliphatic heterocycles. The van der Waals surface area contributed by atoms with Crippen molar-refractivity contribution in [2.24, 2.45) is 11.8 Å². The van der Waals surface area contributed by atoms with Crippen LogP contribution in [0.25, 0.3) is 0 Å². The van der Waals surface area contributed by atoms with Gasteiger partial charge in [-0.25, -0.2) is 0 Å². The second-order valence-electron chi connectivity index (χ2n) is 9.12. The predicted molar refractivity (Wildman–Crippen MR) is 114 cm³/mol. The van der Waals surface area contributed by atoms with E-state index in [0.29, 0.717) is 19.3 Å². The van der Waals surface area contributed by atoms with Crippen LogP contribution in [0.4, 0.5) is 0 Å². The number of aryl methyl sites for hydroxylation is 1. The number of nitrogens with zero attached hydrogens (tertiary/aromatic N) is 2. The molecule has 2 aliphatic rings. The Balaban J connectivity index is 1.82. The molecule has 1 aromatic rings. The van der Waals surface area contributed by atoms with Crippen molar-refractivity contribution in [2.75, 3.05) is 20.1 Å². The molecule has 31 heavy (non-hydrogen) atoms. The number of benzene rings is 1. The first kappa shape index (κ1) is 22.8. The zero-order valence-corrected chi connectivity index (χ0v) is 18.6. The monoisotopic (exact) mass is 429 g/mol. The van der Waals surface area contributed by atoms with Gasteiger partial charge < -0.3 is 20.2 Å². The molecule has 3 amide bonds. The number of piperazine rings is 1. The molecule has 1 aliphatic carbocycles. The van der Waals surface area contributed by atoms with E-state index in [9.17, 15) is 19.2 Å². The lowest BCUT2D eigenvalue weighted by atomic mass is 9.90. The fraction of sp³-hybridized carbons (Fsp3) is 0.565. The van der Waals surface area contributed by atoms with Gasteiger partial charge in [-0.3, -0.25) is 19.2 Å². The third-order valence-electron chi connectivity index (χ3n) is 6.25. The van der Waals surface area contributed by atoms with Crippen LogP contribution in [0.3, 0.4) is 0 Å². The first-order valence-corrected chi connectivity index (χ1v) is 10.7. The lowest BCUT2D eigenvalue weighted by Gasteiger charge is -2.41. The molecule has 1 unspecified atom stereocenters. The molecule has 1 aromatic carbocycles. The van der Waals surface area contributed by atoms with Crippen LogP contribution in [0.1, 0.15) is 37.0 Å². The molecule has 0 saturated carbocycles. The highest BCUT2D eigenvalue weighted by molar-refractivity contribution is 5.99. The Kier molecular flexibility index (Phi) is 6.67. The third kappa shape index (κ3) is 4.89. The van der Waals surface area contributed by atoms with Crippen molar-refractivity contribution < 1.29 is 24.3 Å². The Hall–Kier alpha value is -2.90. The van der Waals surface area contributed by atoms with Crippen LogP contribution in [0, 0.1) is 18.8 Å². The number of carboxylic acids is 1. The minimum Gasteiger partial charge on any atom is -0.480 e. The standard InChI is InChI=1S/C23H31N3O5/c1-13(2)8-18-22(30)24-21(16-9-15-7-5-6-14(3)17(15)10-16)23(31)26(18)11-19(27)25(4)12-20(28)29/h5-7,13,16,18,21H,8-12H2,1-4H3,(H,24,30)(H,28,29)/t16?,18-,21-/m1/s1. The average Bonchev–Trinajstić information content (AvgIpc) is 3.11. The fourth-order valence-electron chi connectivity index (χ4n) is 4.63. The SMILES string of the molecule is Cc1cccc2c1CC([C@H]1NC(=O)[C@@H](CC(C)C)N(CC(=O)N(C)CC(=O)O)C1=O)C2. The molecule has 2 N–H and O–H groups in total. The van der Waals surface area contributed by atoms with E-state index in [-0.39, 0.29) is 30.2 Å². The summed E-state index contributed by atoms with van der Waals surface area (Å²) in [6, 6.07) is 4.67. The number of likely N-dealkylation sites (N-methyl/N-ethyl adjacent to an activating group) is 1. The van der Waals surface area contributed by atoms with Crippen molar-refractivity contribution in [3.63, 3.8) is 0 Å². The zero-order valence-electron chi connectivity index (χ0n) is 18.6. The molecule has 168 valence electrons. The van der Waals surface area contributed by atoms with Crippen LogP contribution < -0.4 is 5.32 Å². The minimum absolute atomic E-state index is 0.0677. The van der Waals surface area contributed by atoms with Crippen molar-refractivity contribution in [3.05, 3.63) is 34.9 Å². The highest BCUT2D eigenvalue weighted by atomic mass is 16.4. The van der Waals surface area contributed by atoms with Crippen molar-refractivity contribution >= 4 is 23.7 Å². The molecule has 8 nitrogen and oxygen atoms in total. The summed E-state index contributed by atoms with van der Waals surface area (Å²) in [4.78, 5) is 52.5. The van der Waals surface area contributed by atoms with Crippen LogP contribution in [-0.4, -0.2) is 70.8 Å². The number of carbonyl (C=O) groups excluding carboxylic acids is 3. The quantitative estimate of drug-likeness (QED) is 0.672. The topological polar surface area (TPSA) is 107 Å². The van der Waals surface area contributed by atoms with Crippen LogP contribution in [-0.2, 0) is 32.0 Å². The summed E-state index contributed by atoms with van der Waals surface area (Å²) in [5.41, 5.74) is 3.59. The first-order valence-electron chi connectivity index (χ1n) is 10.7. The lowest BCUT2D eigenvalue weighted by molar-refractivity contribution is -0.155. The summed E-state index contributed by atoms with van der Waals surface area (Å²) in [5, 5.41) is 11.9. The molecule has 0 aromatic heterocycles. The van der Waals surface area contributed by atoms with Gasteiger partial charge >= 0.3 is 5.97 Å². The lowest BCUT2D eigenvalue weighted by Crippen LogP contribution is -2.66. The molecular formula is C23H31N3O5. The van der Waals surface area contributed by atoms with Gasteiger partial charge in [0.2, 0.25) is 17.7 Å². The Bertz CT molecular complexity index is 897. The highest BCUT2D eigenvalue weighted by Crippen LogP contribution is 2.33. The van der Waals surface area contributed by atoms with E-state index in [1.54, 1.807) is 0 Å². The van der Waals surface area contributed by atoms with Crippen LogP contribution >= 0.6 is 0 Å². The second kappa shape index (κ2) is 9.08. The van der Waals surface area contributed by atoms with E-state index >= 15 is 0 Å². The molecule has 1 fully saturated rings. The summed E-state index contributed by atoms with van der Waals surface area (Å²) in [6.45, 7) is 5.20. The number of fused-ring (bicyclic) bond motifs is 1. The molecule has 1 heterocycles. The Labute approximate surface area is 182 Å².